The molecule has 0 spiro atoms. The SMILES string of the molecule is Cc1ccc2c(ccn2CC2CN(C)CCO2)c1. The first-order valence-electron chi connectivity index (χ1n) is 6.58. The molecule has 1 saturated heterocycles. The van der Waals surface area contributed by atoms with Gasteiger partial charge in [-0.05, 0) is 37.6 Å². The lowest BCUT2D eigenvalue weighted by Gasteiger charge is -2.30. The fraction of sp³-hybridized carbons (Fsp3) is 0.467. The van der Waals surface area contributed by atoms with E-state index in [0.717, 1.165) is 26.2 Å². The molecule has 18 heavy (non-hydrogen) atoms. The Labute approximate surface area is 108 Å². The quantitative estimate of drug-likeness (QED) is 0.806. The molecule has 2 aromatic rings. The summed E-state index contributed by atoms with van der Waals surface area (Å²) in [5, 5.41) is 1.32. The number of morpholine rings is 1. The van der Waals surface area contributed by atoms with Crippen LogP contribution >= 0.6 is 0 Å². The molecule has 1 aromatic carbocycles. The van der Waals surface area contributed by atoms with Gasteiger partial charge in [0, 0.05) is 24.8 Å². The molecule has 0 radical (unpaired) electrons. The number of fused-ring (bicyclic) bond motifs is 1. The number of aromatic nitrogens is 1. The minimum absolute atomic E-state index is 0.306. The highest BCUT2D eigenvalue weighted by atomic mass is 16.5. The number of likely N-dealkylation sites (N-methyl/N-ethyl adjacent to an activating group) is 1. The fourth-order valence-corrected chi connectivity index (χ4v) is 2.68. The van der Waals surface area contributed by atoms with Crippen molar-refractivity contribution in [3.63, 3.8) is 0 Å². The van der Waals surface area contributed by atoms with Crippen molar-refractivity contribution in [2.75, 3.05) is 26.7 Å². The first kappa shape index (κ1) is 11.8. The molecule has 1 fully saturated rings. The lowest BCUT2D eigenvalue weighted by molar-refractivity contribution is -0.0269. The van der Waals surface area contributed by atoms with Crippen molar-refractivity contribution in [1.82, 2.24) is 9.47 Å². The normalized spacial score (nSPS) is 21.6. The molecule has 1 aliphatic rings. The second-order valence-electron chi connectivity index (χ2n) is 5.29. The predicted molar refractivity (Wildman–Crippen MR) is 73.9 cm³/mol. The van der Waals surface area contributed by atoms with Gasteiger partial charge >= 0.3 is 0 Å². The Morgan fingerprint density at radius 3 is 3.06 bits per heavy atom. The molecule has 1 aliphatic heterocycles. The lowest BCUT2D eigenvalue weighted by Crippen LogP contribution is -2.41. The summed E-state index contributed by atoms with van der Waals surface area (Å²) in [5.74, 6) is 0. The number of rotatable bonds is 2. The highest BCUT2D eigenvalue weighted by molar-refractivity contribution is 5.80. The van der Waals surface area contributed by atoms with Crippen LogP contribution in [0.25, 0.3) is 10.9 Å². The average Bonchev–Trinajstić information content (AvgIpc) is 2.72. The molecule has 1 atom stereocenters. The highest BCUT2D eigenvalue weighted by Crippen LogP contribution is 2.18. The summed E-state index contributed by atoms with van der Waals surface area (Å²) in [6.07, 6.45) is 2.47. The Balaban J connectivity index is 1.82. The van der Waals surface area contributed by atoms with E-state index < -0.39 is 0 Å². The number of hydrogen-bond acceptors (Lipinski definition) is 2. The molecule has 0 amide bonds. The molecular weight excluding hydrogens is 224 g/mol. The molecule has 2 heterocycles. The summed E-state index contributed by atoms with van der Waals surface area (Å²) >= 11 is 0. The smallest absolute Gasteiger partial charge is 0.0881 e. The van der Waals surface area contributed by atoms with E-state index in [1.54, 1.807) is 0 Å². The highest BCUT2D eigenvalue weighted by Gasteiger charge is 2.18. The Morgan fingerprint density at radius 1 is 1.33 bits per heavy atom. The maximum atomic E-state index is 5.83. The van der Waals surface area contributed by atoms with Crippen LogP contribution < -0.4 is 0 Å². The monoisotopic (exact) mass is 244 g/mol. The van der Waals surface area contributed by atoms with Crippen LogP contribution in [0.15, 0.2) is 30.5 Å². The first-order valence-corrected chi connectivity index (χ1v) is 6.58. The van der Waals surface area contributed by atoms with E-state index in [1.165, 1.54) is 16.5 Å². The van der Waals surface area contributed by atoms with Gasteiger partial charge in [0.05, 0.1) is 19.3 Å². The summed E-state index contributed by atoms with van der Waals surface area (Å²) in [4.78, 5) is 2.34. The van der Waals surface area contributed by atoms with Crippen LogP contribution in [-0.2, 0) is 11.3 Å². The lowest BCUT2D eigenvalue weighted by atomic mass is 10.2. The van der Waals surface area contributed by atoms with Crippen molar-refractivity contribution in [2.24, 2.45) is 0 Å². The van der Waals surface area contributed by atoms with Gasteiger partial charge in [0.1, 0.15) is 0 Å². The Kier molecular flexibility index (Phi) is 3.10. The third-order valence-corrected chi connectivity index (χ3v) is 3.67. The van der Waals surface area contributed by atoms with Gasteiger partial charge in [0.2, 0.25) is 0 Å². The van der Waals surface area contributed by atoms with Crippen LogP contribution in [0, 0.1) is 6.92 Å². The minimum Gasteiger partial charge on any atom is -0.374 e. The predicted octanol–water partition coefficient (Wildman–Crippen LogP) is 2.28. The van der Waals surface area contributed by atoms with Crippen LogP contribution in [-0.4, -0.2) is 42.3 Å². The van der Waals surface area contributed by atoms with E-state index in [2.05, 4.69) is 53.9 Å². The van der Waals surface area contributed by atoms with Gasteiger partial charge in [-0.3, -0.25) is 0 Å². The summed E-state index contributed by atoms with van der Waals surface area (Å²) < 4.78 is 8.14. The number of benzene rings is 1. The van der Waals surface area contributed by atoms with E-state index in [0.29, 0.717) is 6.10 Å². The Morgan fingerprint density at radius 2 is 2.22 bits per heavy atom. The Hall–Kier alpha value is -1.32. The van der Waals surface area contributed by atoms with Crippen LogP contribution in [0.1, 0.15) is 5.56 Å². The maximum Gasteiger partial charge on any atom is 0.0881 e. The van der Waals surface area contributed by atoms with Gasteiger partial charge in [-0.2, -0.15) is 0 Å². The standard InChI is InChI=1S/C15H20N2O/c1-12-3-4-15-13(9-12)5-6-17(15)11-14-10-16(2)7-8-18-14/h3-6,9,14H,7-8,10-11H2,1-2H3. The van der Waals surface area contributed by atoms with Crippen molar-refractivity contribution in [3.05, 3.63) is 36.0 Å². The maximum absolute atomic E-state index is 5.83. The number of nitrogens with zero attached hydrogens (tertiary/aromatic N) is 2. The molecule has 0 bridgehead atoms. The second-order valence-corrected chi connectivity index (χ2v) is 5.29. The summed E-state index contributed by atoms with van der Waals surface area (Å²) in [6, 6.07) is 8.80. The Bertz CT molecular complexity index is 546. The molecule has 0 aliphatic carbocycles. The van der Waals surface area contributed by atoms with Gasteiger partial charge in [-0.25, -0.2) is 0 Å². The molecular formula is C15H20N2O. The van der Waals surface area contributed by atoms with Crippen LogP contribution in [0.2, 0.25) is 0 Å². The molecule has 1 unspecified atom stereocenters. The van der Waals surface area contributed by atoms with Crippen molar-refractivity contribution in [2.45, 2.75) is 19.6 Å². The van der Waals surface area contributed by atoms with Gasteiger partial charge in [0.15, 0.2) is 0 Å². The van der Waals surface area contributed by atoms with Gasteiger partial charge < -0.3 is 14.2 Å². The van der Waals surface area contributed by atoms with E-state index in [-0.39, 0.29) is 0 Å². The van der Waals surface area contributed by atoms with Crippen LogP contribution in [0.5, 0.6) is 0 Å². The van der Waals surface area contributed by atoms with Crippen molar-refractivity contribution in [3.8, 4) is 0 Å². The van der Waals surface area contributed by atoms with E-state index in [4.69, 9.17) is 4.74 Å². The molecule has 0 saturated carbocycles. The van der Waals surface area contributed by atoms with E-state index >= 15 is 0 Å². The summed E-state index contributed by atoms with van der Waals surface area (Å²) in [5.41, 5.74) is 2.62. The van der Waals surface area contributed by atoms with Gasteiger partial charge in [-0.1, -0.05) is 11.6 Å². The second kappa shape index (κ2) is 4.75. The van der Waals surface area contributed by atoms with Gasteiger partial charge in [-0.15, -0.1) is 0 Å². The van der Waals surface area contributed by atoms with Crippen molar-refractivity contribution < 1.29 is 4.74 Å². The number of ether oxygens (including phenoxy) is 1. The average molecular weight is 244 g/mol. The summed E-state index contributed by atoms with van der Waals surface area (Å²) in [7, 11) is 2.16. The molecule has 3 nitrogen and oxygen atoms in total. The third kappa shape index (κ3) is 2.28. The van der Waals surface area contributed by atoms with Gasteiger partial charge in [0.25, 0.3) is 0 Å². The van der Waals surface area contributed by atoms with E-state index in [9.17, 15) is 0 Å². The number of hydrogen-bond donors (Lipinski definition) is 0. The largest absolute Gasteiger partial charge is 0.374 e. The molecule has 0 N–H and O–H groups in total. The third-order valence-electron chi connectivity index (χ3n) is 3.67. The van der Waals surface area contributed by atoms with Crippen molar-refractivity contribution in [1.29, 1.82) is 0 Å². The molecule has 1 aromatic heterocycles. The zero-order valence-corrected chi connectivity index (χ0v) is 11.1. The summed E-state index contributed by atoms with van der Waals surface area (Å²) in [6.45, 7) is 5.99. The minimum atomic E-state index is 0.306. The van der Waals surface area contributed by atoms with Crippen molar-refractivity contribution >= 4 is 10.9 Å². The number of aryl methyl sites for hydroxylation is 1. The van der Waals surface area contributed by atoms with Crippen LogP contribution in [0.4, 0.5) is 0 Å². The molecule has 96 valence electrons. The molecule has 3 heteroatoms. The first-order chi connectivity index (χ1) is 8.72. The van der Waals surface area contributed by atoms with Crippen LogP contribution in [0.3, 0.4) is 0 Å². The zero-order chi connectivity index (χ0) is 12.5. The fourth-order valence-electron chi connectivity index (χ4n) is 2.68. The zero-order valence-electron chi connectivity index (χ0n) is 11.1. The topological polar surface area (TPSA) is 17.4 Å². The molecule has 3 rings (SSSR count). The van der Waals surface area contributed by atoms with E-state index in [1.807, 2.05) is 0 Å².